The smallest absolute Gasteiger partial charge is 0.265 e. The van der Waals surface area contributed by atoms with Gasteiger partial charge in [-0.05, 0) is 47.7 Å². The fourth-order valence-electron chi connectivity index (χ4n) is 4.72. The first-order chi connectivity index (χ1) is 13.6. The Bertz CT molecular complexity index is 1380. The van der Waals surface area contributed by atoms with Crippen molar-refractivity contribution in [1.29, 1.82) is 0 Å². The van der Waals surface area contributed by atoms with Gasteiger partial charge in [-0.1, -0.05) is 6.07 Å². The lowest BCUT2D eigenvalue weighted by Crippen LogP contribution is -2.13. The minimum Gasteiger partial charge on any atom is -0.494 e. The topological polar surface area (TPSA) is 110 Å². The lowest BCUT2D eigenvalue weighted by Gasteiger charge is -2.10. The summed E-state index contributed by atoms with van der Waals surface area (Å²) in [5, 5.41) is 31.8. The highest BCUT2D eigenvalue weighted by Crippen LogP contribution is 2.51. The van der Waals surface area contributed by atoms with Crippen LogP contribution in [0.15, 0.2) is 33.4 Å². The molecule has 3 aliphatic rings. The predicted molar refractivity (Wildman–Crippen MR) is 102 cm³/mol. The van der Waals surface area contributed by atoms with Gasteiger partial charge in [0.15, 0.2) is 11.8 Å². The van der Waals surface area contributed by atoms with Gasteiger partial charge in [-0.25, -0.2) is 4.99 Å². The van der Waals surface area contributed by atoms with Crippen LogP contribution in [0.1, 0.15) is 30.4 Å². The van der Waals surface area contributed by atoms with Crippen LogP contribution in [-0.2, 0) is 17.6 Å². The van der Waals surface area contributed by atoms with Crippen LogP contribution >= 0.6 is 0 Å². The number of hydrogen-bond acceptors (Lipinski definition) is 5. The maximum Gasteiger partial charge on any atom is 0.265 e. The standard InChI is InChI=1S/C21H16N4O3/c26-15-7-6-13(24-25-15)9-4-5-14-12(8-9)16-18-17(20(27)23-21(18)28)10-2-1-3-11(10)19(16)22-14/h4-5,8,23,27-28H,1-3,6-7H2/b13-9-. The van der Waals surface area contributed by atoms with Crippen LogP contribution in [0.3, 0.4) is 0 Å². The molecule has 3 heterocycles. The molecule has 1 aromatic heterocycles. The normalized spacial score (nSPS) is 18.9. The molecule has 2 aliphatic heterocycles. The molecular weight excluding hydrogens is 356 g/mol. The number of nitrogens with one attached hydrogen (secondary N) is 1. The van der Waals surface area contributed by atoms with Crippen molar-refractivity contribution in [1.82, 2.24) is 4.98 Å². The minimum absolute atomic E-state index is 0.00650. The van der Waals surface area contributed by atoms with Gasteiger partial charge in [0.05, 0.1) is 27.5 Å². The molecule has 138 valence electrons. The third kappa shape index (κ3) is 1.93. The van der Waals surface area contributed by atoms with Crippen LogP contribution < -0.4 is 10.6 Å². The number of benzene rings is 2. The largest absolute Gasteiger partial charge is 0.494 e. The van der Waals surface area contributed by atoms with Gasteiger partial charge in [0.2, 0.25) is 0 Å². The molecular formula is C21H16N4O3. The molecule has 7 heteroatoms. The zero-order chi connectivity index (χ0) is 19.0. The van der Waals surface area contributed by atoms with Gasteiger partial charge in [-0.2, -0.15) is 5.11 Å². The summed E-state index contributed by atoms with van der Waals surface area (Å²) in [7, 11) is 0. The maximum absolute atomic E-state index is 11.3. The van der Waals surface area contributed by atoms with E-state index in [-0.39, 0.29) is 17.7 Å². The Hall–Kier alpha value is -3.48. The molecule has 7 nitrogen and oxygen atoms in total. The number of fused-ring (bicyclic) bond motifs is 8. The molecule has 1 amide bonds. The number of aromatic amines is 1. The second-order valence-corrected chi connectivity index (χ2v) is 7.49. The number of carbonyl (C=O) groups is 1. The number of amides is 1. The van der Waals surface area contributed by atoms with Crippen molar-refractivity contribution in [2.45, 2.75) is 32.1 Å². The van der Waals surface area contributed by atoms with Crippen molar-refractivity contribution in [3.05, 3.63) is 39.9 Å². The van der Waals surface area contributed by atoms with Crippen LogP contribution in [0.25, 0.3) is 27.6 Å². The highest BCUT2D eigenvalue weighted by Gasteiger charge is 2.31. The van der Waals surface area contributed by atoms with Gasteiger partial charge in [0, 0.05) is 24.0 Å². The monoisotopic (exact) mass is 372 g/mol. The number of aromatic nitrogens is 1. The molecule has 0 bridgehead atoms. The van der Waals surface area contributed by atoms with Gasteiger partial charge in [-0.3, -0.25) is 9.78 Å². The van der Waals surface area contributed by atoms with Crippen LogP contribution in [-0.4, -0.2) is 21.1 Å². The number of aromatic hydroxyl groups is 2. The van der Waals surface area contributed by atoms with E-state index >= 15 is 0 Å². The summed E-state index contributed by atoms with van der Waals surface area (Å²) in [5.74, 6) is -0.232. The summed E-state index contributed by atoms with van der Waals surface area (Å²) >= 11 is 0. The molecule has 28 heavy (non-hydrogen) atoms. The Morgan fingerprint density at radius 1 is 0.929 bits per heavy atom. The Kier molecular flexibility index (Phi) is 2.94. The molecule has 0 atom stereocenters. The SMILES string of the molecule is O=C1CC/C(=c2\ccc3c(c2)-c2c(c4c(c5c(O)[nH]c(O)c25)CCC4)N=3)N=N1. The quantitative estimate of drug-likeness (QED) is 0.441. The first kappa shape index (κ1) is 15.6. The van der Waals surface area contributed by atoms with Crippen molar-refractivity contribution in [3.8, 4) is 22.9 Å². The summed E-state index contributed by atoms with van der Waals surface area (Å²) in [6, 6.07) is 5.89. The number of aryl methyl sites for hydroxylation is 1. The average molecular weight is 372 g/mol. The number of nitrogens with zero attached hydrogens (tertiary/aromatic N) is 3. The lowest BCUT2D eigenvalue weighted by molar-refractivity contribution is -0.118. The zero-order valence-corrected chi connectivity index (χ0v) is 14.9. The molecule has 3 aromatic rings. The molecule has 2 aromatic carbocycles. The fraction of sp³-hybridized carbons (Fsp3) is 0.238. The predicted octanol–water partition coefficient (Wildman–Crippen LogP) is 2.88. The third-order valence-corrected chi connectivity index (χ3v) is 5.94. The molecule has 0 saturated carbocycles. The van der Waals surface area contributed by atoms with E-state index in [2.05, 4.69) is 15.2 Å². The van der Waals surface area contributed by atoms with Crippen molar-refractivity contribution in [2.75, 3.05) is 0 Å². The Balaban J connectivity index is 1.71. The van der Waals surface area contributed by atoms with E-state index < -0.39 is 0 Å². The van der Waals surface area contributed by atoms with Crippen molar-refractivity contribution in [3.63, 3.8) is 0 Å². The van der Waals surface area contributed by atoms with Gasteiger partial charge < -0.3 is 10.2 Å². The molecule has 0 spiro atoms. The first-order valence-electron chi connectivity index (χ1n) is 9.40. The van der Waals surface area contributed by atoms with E-state index in [0.717, 1.165) is 63.5 Å². The number of carbonyl (C=O) groups excluding carboxylic acids is 1. The van der Waals surface area contributed by atoms with E-state index in [0.29, 0.717) is 23.6 Å². The van der Waals surface area contributed by atoms with E-state index in [9.17, 15) is 15.0 Å². The Morgan fingerprint density at radius 2 is 1.75 bits per heavy atom. The van der Waals surface area contributed by atoms with Gasteiger partial charge >= 0.3 is 0 Å². The van der Waals surface area contributed by atoms with Crippen LogP contribution in [0, 0.1) is 0 Å². The van der Waals surface area contributed by atoms with Gasteiger partial charge in [0.25, 0.3) is 5.91 Å². The summed E-state index contributed by atoms with van der Waals surface area (Å²) < 4.78 is 0. The fourth-order valence-corrected chi connectivity index (χ4v) is 4.72. The number of H-pyrrole nitrogens is 1. The number of azo groups is 1. The van der Waals surface area contributed by atoms with Crippen LogP contribution in [0.4, 0.5) is 5.69 Å². The molecule has 3 N–H and O–H groups in total. The summed E-state index contributed by atoms with van der Waals surface area (Å²) in [5.41, 5.74) is 5.66. The third-order valence-electron chi connectivity index (χ3n) is 5.94. The van der Waals surface area contributed by atoms with Crippen molar-refractivity contribution >= 4 is 28.1 Å². The first-order valence-corrected chi connectivity index (χ1v) is 9.40. The number of hydrogen-bond donors (Lipinski definition) is 3. The molecule has 1 aliphatic carbocycles. The molecule has 0 saturated heterocycles. The maximum atomic E-state index is 11.3. The highest BCUT2D eigenvalue weighted by atomic mass is 16.3. The average Bonchev–Trinajstić information content (AvgIpc) is 3.37. The van der Waals surface area contributed by atoms with Gasteiger partial charge in [0.1, 0.15) is 0 Å². The second-order valence-electron chi connectivity index (χ2n) is 7.49. The zero-order valence-electron chi connectivity index (χ0n) is 14.9. The lowest BCUT2D eigenvalue weighted by atomic mass is 9.93. The number of rotatable bonds is 0. The summed E-state index contributed by atoms with van der Waals surface area (Å²) in [6.45, 7) is 0. The second kappa shape index (κ2) is 5.28. The van der Waals surface area contributed by atoms with E-state index in [4.69, 9.17) is 4.99 Å². The molecule has 0 unspecified atom stereocenters. The minimum atomic E-state index is -0.199. The molecule has 0 radical (unpaired) electrons. The molecule has 0 fully saturated rings. The van der Waals surface area contributed by atoms with Crippen LogP contribution in [0.2, 0.25) is 0 Å². The Labute approximate surface area is 158 Å². The highest BCUT2D eigenvalue weighted by molar-refractivity contribution is 6.11. The Morgan fingerprint density at radius 3 is 2.57 bits per heavy atom. The van der Waals surface area contributed by atoms with Crippen molar-refractivity contribution in [2.24, 2.45) is 15.2 Å². The van der Waals surface area contributed by atoms with E-state index in [1.54, 1.807) is 0 Å². The van der Waals surface area contributed by atoms with E-state index in [1.807, 2.05) is 18.2 Å². The van der Waals surface area contributed by atoms with Crippen molar-refractivity contribution < 1.29 is 15.0 Å². The van der Waals surface area contributed by atoms with Crippen LogP contribution in [0.5, 0.6) is 11.8 Å². The summed E-state index contributed by atoms with van der Waals surface area (Å²) in [6.07, 6.45) is 3.71. The molecule has 6 rings (SSSR count). The van der Waals surface area contributed by atoms with E-state index in [1.165, 1.54) is 0 Å². The van der Waals surface area contributed by atoms with Gasteiger partial charge in [-0.15, -0.1) is 5.11 Å². The summed E-state index contributed by atoms with van der Waals surface area (Å²) in [4.78, 5) is 18.9.